The number of hydrogen-bond acceptors (Lipinski definition) is 3. The van der Waals surface area contributed by atoms with Crippen LogP contribution in [0, 0.1) is 32.0 Å². The average molecular weight is 824 g/mol. The molecule has 49 heavy (non-hydrogen) atoms. The van der Waals surface area contributed by atoms with Gasteiger partial charge in [0.15, 0.2) is 0 Å². The van der Waals surface area contributed by atoms with Gasteiger partial charge in [-0.05, 0) is 65.8 Å². The maximum absolute atomic E-state index is 8.59. The first-order valence-corrected chi connectivity index (χ1v) is 15.7. The van der Waals surface area contributed by atoms with Crippen molar-refractivity contribution in [1.29, 1.82) is 0 Å². The standard InChI is InChI=1S/C31H25N2O.C13H12N.Ir/c1-21(2)18-22-12-17-30-26(19-22)27(20-34-30)31-32-28-10-6-7-11-29(28)33(31)25-15-13-24(14-16-25)23-8-4-3-5-9-23;1-10-3-6-12(7-4-10)13-8-5-11(2)9-14-13;/h3-17,19,21H,18H2,1-2H3;3-6,8-9H,1-2H3;/q2*-1;/i18D2;1D3,2D3;. The van der Waals surface area contributed by atoms with Gasteiger partial charge < -0.3 is 14.0 Å². The predicted octanol–water partition coefficient (Wildman–Crippen LogP) is 11.3. The molecule has 0 amide bonds. The number of aromatic nitrogens is 3. The molecular formula is C44H37IrN3O-2. The maximum atomic E-state index is 8.59. The van der Waals surface area contributed by atoms with Gasteiger partial charge in [0.2, 0.25) is 0 Å². The number of nitrogens with zero attached hydrogens (tertiary/aromatic N) is 3. The Morgan fingerprint density at radius 1 is 0.816 bits per heavy atom. The molecule has 8 aromatic rings. The van der Waals surface area contributed by atoms with Crippen LogP contribution in [0.25, 0.3) is 61.5 Å². The van der Waals surface area contributed by atoms with Crippen molar-refractivity contribution >= 4 is 22.0 Å². The number of para-hydroxylation sites is 2. The Morgan fingerprint density at radius 3 is 2.29 bits per heavy atom. The van der Waals surface area contributed by atoms with Crippen LogP contribution in [0.5, 0.6) is 0 Å². The van der Waals surface area contributed by atoms with Gasteiger partial charge in [0.1, 0.15) is 0 Å². The van der Waals surface area contributed by atoms with Gasteiger partial charge in [-0.2, -0.15) is 0 Å². The van der Waals surface area contributed by atoms with Crippen molar-refractivity contribution in [2.75, 3.05) is 0 Å². The van der Waals surface area contributed by atoms with Crippen LogP contribution in [-0.2, 0) is 26.5 Å². The summed E-state index contributed by atoms with van der Waals surface area (Å²) in [4.78, 5) is 9.04. The number of hydrogen-bond donors (Lipinski definition) is 0. The molecule has 0 fully saturated rings. The number of furan rings is 1. The maximum Gasteiger partial charge on any atom is 0.0774 e. The van der Waals surface area contributed by atoms with Crippen molar-refractivity contribution in [2.45, 2.75) is 33.9 Å². The van der Waals surface area contributed by atoms with E-state index in [1.165, 1.54) is 30.0 Å². The molecule has 5 aromatic carbocycles. The molecule has 0 aliphatic carbocycles. The summed E-state index contributed by atoms with van der Waals surface area (Å²) < 4.78 is 68.7. The molecule has 3 heterocycles. The molecular weight excluding hydrogens is 779 g/mol. The van der Waals surface area contributed by atoms with Crippen molar-refractivity contribution < 1.29 is 35.5 Å². The Hall–Kier alpha value is -5.09. The molecule has 0 saturated heterocycles. The van der Waals surface area contributed by atoms with E-state index in [2.05, 4.69) is 64.3 Å². The zero-order chi connectivity index (χ0) is 39.8. The molecule has 1 radical (unpaired) electrons. The van der Waals surface area contributed by atoms with E-state index in [0.717, 1.165) is 33.2 Å². The van der Waals surface area contributed by atoms with E-state index in [9.17, 15) is 0 Å². The summed E-state index contributed by atoms with van der Waals surface area (Å²) >= 11 is 0. The molecule has 8 rings (SSSR count). The largest absolute Gasteiger partial charge is 0.557 e. The molecule has 0 N–H and O–H groups in total. The van der Waals surface area contributed by atoms with E-state index in [1.54, 1.807) is 18.2 Å². The summed E-state index contributed by atoms with van der Waals surface area (Å²) in [6, 6.07) is 42.8. The average Bonchev–Trinajstić information content (AvgIpc) is 3.79. The van der Waals surface area contributed by atoms with Gasteiger partial charge in [0, 0.05) is 54.8 Å². The molecule has 0 atom stereocenters. The Morgan fingerprint density at radius 2 is 1.57 bits per heavy atom. The molecule has 0 saturated carbocycles. The number of aryl methyl sites for hydroxylation is 2. The Balaban J connectivity index is 0.000000223. The third-order valence-corrected chi connectivity index (χ3v) is 7.84. The summed E-state index contributed by atoms with van der Waals surface area (Å²) in [6.45, 7) is -0.551. The van der Waals surface area contributed by atoms with Gasteiger partial charge in [-0.25, -0.2) is 0 Å². The molecule has 0 aliphatic heterocycles. The van der Waals surface area contributed by atoms with Crippen molar-refractivity contribution in [2.24, 2.45) is 5.92 Å². The SMILES string of the molecule is [2H]C([2H])([2H])c1c[c-]c(-c2ccc(C([2H])([2H])[2H])cn2)cc1.[2H]C([2H])(c1ccc2o[c-]c(-c3nc4ccccc4n3-c3ccc(-c4ccccc4)cc3)c2c1)C(C)C.[Ir]. The quantitative estimate of drug-likeness (QED) is 0.157. The first-order chi connectivity index (χ1) is 26.6. The Bertz CT molecular complexity index is 2540. The normalized spacial score (nSPS) is 14.2. The first kappa shape index (κ1) is 25.0. The van der Waals surface area contributed by atoms with E-state index in [4.69, 9.17) is 20.4 Å². The van der Waals surface area contributed by atoms with Crippen molar-refractivity contribution in [3.8, 4) is 39.5 Å². The second kappa shape index (κ2) is 15.0. The smallest absolute Gasteiger partial charge is 0.0774 e. The van der Waals surface area contributed by atoms with E-state index < -0.39 is 20.1 Å². The van der Waals surface area contributed by atoms with Crippen LogP contribution >= 0.6 is 0 Å². The van der Waals surface area contributed by atoms with Crippen molar-refractivity contribution in [3.05, 3.63) is 163 Å². The molecule has 0 bridgehead atoms. The topological polar surface area (TPSA) is 43.9 Å². The van der Waals surface area contributed by atoms with Gasteiger partial charge in [0.25, 0.3) is 0 Å². The van der Waals surface area contributed by atoms with Crippen LogP contribution in [0.15, 0.2) is 138 Å². The molecule has 0 aliphatic rings. The van der Waals surface area contributed by atoms with Crippen molar-refractivity contribution in [3.63, 3.8) is 0 Å². The van der Waals surface area contributed by atoms with Crippen LogP contribution in [0.1, 0.15) is 41.5 Å². The molecule has 3 aromatic heterocycles. The van der Waals surface area contributed by atoms with Crippen LogP contribution in [0.2, 0.25) is 0 Å². The summed E-state index contributed by atoms with van der Waals surface area (Å²) in [7, 11) is 0. The zero-order valence-electron chi connectivity index (χ0n) is 34.9. The number of pyridine rings is 1. The minimum absolute atomic E-state index is 0. The molecule has 4 nitrogen and oxygen atoms in total. The summed E-state index contributed by atoms with van der Waals surface area (Å²) in [5.41, 5.74) is 8.69. The summed E-state index contributed by atoms with van der Waals surface area (Å²) in [5.74, 6) is 0.548. The van der Waals surface area contributed by atoms with E-state index in [-0.39, 0.29) is 37.2 Å². The minimum atomic E-state index is -2.18. The molecule has 5 heteroatoms. The first-order valence-electron chi connectivity index (χ1n) is 19.7. The van der Waals surface area contributed by atoms with Crippen LogP contribution in [-0.4, -0.2) is 14.5 Å². The number of benzene rings is 5. The number of imidazole rings is 1. The summed E-state index contributed by atoms with van der Waals surface area (Å²) in [6.07, 6.45) is 2.90. The Labute approximate surface area is 313 Å². The predicted molar refractivity (Wildman–Crippen MR) is 197 cm³/mol. The van der Waals surface area contributed by atoms with Gasteiger partial charge in [0.05, 0.1) is 16.9 Å². The zero-order valence-corrected chi connectivity index (χ0v) is 29.3. The fourth-order valence-corrected chi connectivity index (χ4v) is 5.59. The van der Waals surface area contributed by atoms with Crippen LogP contribution in [0.3, 0.4) is 0 Å². The number of rotatable bonds is 6. The fraction of sp³-hybridized carbons (Fsp3) is 0.136. The van der Waals surface area contributed by atoms with Gasteiger partial charge in [-0.15, -0.1) is 35.4 Å². The molecule has 0 spiro atoms. The van der Waals surface area contributed by atoms with Crippen LogP contribution in [0.4, 0.5) is 0 Å². The second-order valence-corrected chi connectivity index (χ2v) is 11.7. The summed E-state index contributed by atoms with van der Waals surface area (Å²) in [5, 5.41) is 0.800. The monoisotopic (exact) mass is 824 g/mol. The molecule has 245 valence electrons. The van der Waals surface area contributed by atoms with Gasteiger partial charge >= 0.3 is 0 Å². The van der Waals surface area contributed by atoms with E-state index in [1.807, 2.05) is 62.4 Å². The third-order valence-electron chi connectivity index (χ3n) is 7.84. The fourth-order valence-electron chi connectivity index (χ4n) is 5.59. The van der Waals surface area contributed by atoms with Crippen LogP contribution < -0.4 is 0 Å². The second-order valence-electron chi connectivity index (χ2n) is 11.7. The van der Waals surface area contributed by atoms with Gasteiger partial charge in [-0.1, -0.05) is 122 Å². The molecule has 0 unspecified atom stereocenters. The van der Waals surface area contributed by atoms with Crippen molar-refractivity contribution in [1.82, 2.24) is 14.5 Å². The third kappa shape index (κ3) is 7.49. The van der Waals surface area contributed by atoms with E-state index in [0.29, 0.717) is 28.2 Å². The number of fused-ring (bicyclic) bond motifs is 2. The minimum Gasteiger partial charge on any atom is -0.557 e. The Kier molecular flexibility index (Phi) is 7.64. The van der Waals surface area contributed by atoms with Gasteiger partial charge in [-0.3, -0.25) is 4.98 Å². The van der Waals surface area contributed by atoms with E-state index >= 15 is 0 Å².